The van der Waals surface area contributed by atoms with Crippen LogP contribution in [0.25, 0.3) is 5.69 Å². The summed E-state index contributed by atoms with van der Waals surface area (Å²) in [6.07, 6.45) is 3.29. The van der Waals surface area contributed by atoms with Crippen molar-refractivity contribution in [3.8, 4) is 5.69 Å². The molecule has 0 unspecified atom stereocenters. The number of benzene rings is 1. The molecule has 0 bridgehead atoms. The van der Waals surface area contributed by atoms with Crippen molar-refractivity contribution in [2.75, 3.05) is 31.8 Å². The number of nitrogens with zero attached hydrogens (tertiary/aromatic N) is 4. The van der Waals surface area contributed by atoms with Gasteiger partial charge in [0.15, 0.2) is 5.16 Å². The first kappa shape index (κ1) is 24.1. The summed E-state index contributed by atoms with van der Waals surface area (Å²) in [4.78, 5) is 37.0. The summed E-state index contributed by atoms with van der Waals surface area (Å²) in [6, 6.07) is 5.60. The molecule has 3 rings (SSSR count). The molecule has 32 heavy (non-hydrogen) atoms. The Morgan fingerprint density at radius 3 is 2.94 bits per heavy atom. The molecule has 12 heteroatoms. The largest absolute Gasteiger partial charge is 0.466 e. The van der Waals surface area contributed by atoms with Crippen LogP contribution in [0.2, 0.25) is 5.02 Å². The van der Waals surface area contributed by atoms with E-state index < -0.39 is 11.9 Å². The highest BCUT2D eigenvalue weighted by Gasteiger charge is 2.27. The molecule has 0 atom stereocenters. The molecule has 1 fully saturated rings. The predicted molar refractivity (Wildman–Crippen MR) is 122 cm³/mol. The number of halogens is 1. The Kier molecular flexibility index (Phi) is 8.60. The molecule has 1 aromatic carbocycles. The van der Waals surface area contributed by atoms with Crippen molar-refractivity contribution in [3.63, 3.8) is 0 Å². The number of amides is 1. The topological polar surface area (TPSA) is 104 Å². The number of rotatable bonds is 9. The second kappa shape index (κ2) is 11.4. The van der Waals surface area contributed by atoms with Gasteiger partial charge in [0.2, 0.25) is 5.91 Å². The summed E-state index contributed by atoms with van der Waals surface area (Å²) in [5, 5.41) is 9.67. The van der Waals surface area contributed by atoms with Gasteiger partial charge in [-0.3, -0.25) is 14.2 Å². The van der Waals surface area contributed by atoms with Gasteiger partial charge >= 0.3 is 11.9 Å². The Balaban J connectivity index is 1.45. The third-order valence-electron chi connectivity index (χ3n) is 4.41. The van der Waals surface area contributed by atoms with Gasteiger partial charge in [0.1, 0.15) is 6.33 Å². The lowest BCUT2D eigenvalue weighted by molar-refractivity contribution is -0.140. The molecule has 0 aliphatic carbocycles. The normalized spacial score (nSPS) is 14.8. The van der Waals surface area contributed by atoms with Gasteiger partial charge in [-0.05, 0) is 31.0 Å². The lowest BCUT2D eigenvalue weighted by Crippen LogP contribution is -2.27. The highest BCUT2D eigenvalue weighted by atomic mass is 35.5. The third kappa shape index (κ3) is 6.27. The molecular formula is C20H21ClN4O5S2. The molecule has 1 amide bonds. The maximum atomic E-state index is 12.1. The van der Waals surface area contributed by atoms with E-state index in [2.05, 4.69) is 14.9 Å². The number of aromatic nitrogens is 3. The second-order valence-electron chi connectivity index (χ2n) is 6.62. The van der Waals surface area contributed by atoms with Crippen molar-refractivity contribution in [3.05, 3.63) is 46.2 Å². The molecule has 1 saturated heterocycles. The molecule has 1 aliphatic heterocycles. The molecule has 0 radical (unpaired) electrons. The van der Waals surface area contributed by atoms with Gasteiger partial charge in [-0.2, -0.15) is 0 Å². The molecule has 2 heterocycles. The van der Waals surface area contributed by atoms with E-state index in [-0.39, 0.29) is 24.0 Å². The van der Waals surface area contributed by atoms with E-state index in [1.807, 2.05) is 25.1 Å². The Hall–Kier alpha value is -2.50. The Labute approximate surface area is 198 Å². The molecular weight excluding hydrogens is 476 g/mol. The van der Waals surface area contributed by atoms with Gasteiger partial charge in [-0.25, -0.2) is 4.79 Å². The quantitative estimate of drug-likeness (QED) is 0.224. The number of ether oxygens (including phenoxy) is 2. The van der Waals surface area contributed by atoms with Crippen molar-refractivity contribution in [2.45, 2.75) is 18.5 Å². The fourth-order valence-corrected chi connectivity index (χ4v) is 4.59. The van der Waals surface area contributed by atoms with E-state index in [4.69, 9.17) is 16.3 Å². The van der Waals surface area contributed by atoms with Crippen LogP contribution >= 0.6 is 35.1 Å². The first-order valence-electron chi connectivity index (χ1n) is 9.57. The zero-order chi connectivity index (χ0) is 23.1. The number of thioether (sulfide) groups is 2. The van der Waals surface area contributed by atoms with E-state index in [1.165, 1.54) is 41.6 Å². The van der Waals surface area contributed by atoms with Gasteiger partial charge in [0.05, 0.1) is 42.0 Å². The molecule has 9 nitrogen and oxygen atoms in total. The number of hydrogen-bond acceptors (Lipinski definition) is 9. The van der Waals surface area contributed by atoms with E-state index in [0.717, 1.165) is 11.3 Å². The summed E-state index contributed by atoms with van der Waals surface area (Å²) >= 11 is 8.67. The fourth-order valence-electron chi connectivity index (χ4n) is 2.73. The number of aryl methyl sites for hydroxylation is 1. The minimum atomic E-state index is -0.517. The minimum absolute atomic E-state index is 0.0598. The molecule has 1 aromatic heterocycles. The van der Waals surface area contributed by atoms with Crippen molar-refractivity contribution >= 4 is 53.0 Å². The van der Waals surface area contributed by atoms with Crippen LogP contribution in [-0.4, -0.2) is 69.3 Å². The molecule has 0 saturated carbocycles. The number of carbonyl (C=O) groups excluding carboxylic acids is 3. The Morgan fingerprint density at radius 1 is 1.38 bits per heavy atom. The first-order chi connectivity index (χ1) is 15.4. The molecule has 0 spiro atoms. The summed E-state index contributed by atoms with van der Waals surface area (Å²) in [6.45, 7) is 2.41. The lowest BCUT2D eigenvalue weighted by Gasteiger charge is -2.16. The molecule has 1 aliphatic rings. The van der Waals surface area contributed by atoms with Crippen molar-refractivity contribution in [2.24, 2.45) is 0 Å². The van der Waals surface area contributed by atoms with Crippen LogP contribution in [0.4, 0.5) is 0 Å². The van der Waals surface area contributed by atoms with E-state index in [1.54, 1.807) is 10.9 Å². The standard InChI is InChI=1S/C20H21ClN4O5S2/c1-13-4-5-14(8-15(13)21)25-12-22-23-20(25)32-11-19(28)30-7-3-6-24-16(26)10-31-17(24)9-18(27)29-2/h4-5,8-9,12H,3,6-7,10-11H2,1-2H3/b17-9+. The number of esters is 2. The Morgan fingerprint density at radius 2 is 2.19 bits per heavy atom. The molecule has 2 aromatic rings. The van der Waals surface area contributed by atoms with Gasteiger partial charge in [-0.1, -0.05) is 41.2 Å². The van der Waals surface area contributed by atoms with Crippen LogP contribution in [0.15, 0.2) is 40.8 Å². The second-order valence-corrected chi connectivity index (χ2v) is 8.96. The van der Waals surface area contributed by atoms with Crippen LogP contribution < -0.4 is 0 Å². The van der Waals surface area contributed by atoms with E-state index >= 15 is 0 Å². The van der Waals surface area contributed by atoms with Crippen molar-refractivity contribution < 1.29 is 23.9 Å². The Bertz CT molecular complexity index is 1040. The summed E-state index contributed by atoms with van der Waals surface area (Å²) in [5.41, 5.74) is 1.76. The molecule has 170 valence electrons. The number of methoxy groups -OCH3 is 1. The SMILES string of the molecule is COC(=O)/C=C1/SCC(=O)N1CCCOC(=O)CSc1nncn1-c1ccc(C)c(Cl)c1. The summed E-state index contributed by atoms with van der Waals surface area (Å²) in [7, 11) is 1.28. The van der Waals surface area contributed by atoms with Crippen LogP contribution in [0.1, 0.15) is 12.0 Å². The van der Waals surface area contributed by atoms with Crippen LogP contribution in [0.3, 0.4) is 0 Å². The van der Waals surface area contributed by atoms with E-state index in [0.29, 0.717) is 28.2 Å². The van der Waals surface area contributed by atoms with Gasteiger partial charge in [-0.15, -0.1) is 10.2 Å². The number of hydrogen-bond donors (Lipinski definition) is 0. The fraction of sp³-hybridized carbons (Fsp3) is 0.350. The number of carbonyl (C=O) groups is 3. The summed E-state index contributed by atoms with van der Waals surface area (Å²) in [5.74, 6) is -0.686. The van der Waals surface area contributed by atoms with Crippen LogP contribution in [0.5, 0.6) is 0 Å². The lowest BCUT2D eigenvalue weighted by atomic mass is 10.2. The average molecular weight is 497 g/mol. The molecule has 0 N–H and O–H groups in total. The maximum Gasteiger partial charge on any atom is 0.333 e. The van der Waals surface area contributed by atoms with Crippen molar-refractivity contribution in [1.82, 2.24) is 19.7 Å². The van der Waals surface area contributed by atoms with Gasteiger partial charge < -0.3 is 14.4 Å². The predicted octanol–water partition coefficient (Wildman–Crippen LogP) is 2.84. The average Bonchev–Trinajstić information content (AvgIpc) is 3.38. The van der Waals surface area contributed by atoms with Crippen molar-refractivity contribution in [1.29, 1.82) is 0 Å². The zero-order valence-electron chi connectivity index (χ0n) is 17.4. The summed E-state index contributed by atoms with van der Waals surface area (Å²) < 4.78 is 11.6. The highest BCUT2D eigenvalue weighted by Crippen LogP contribution is 2.29. The zero-order valence-corrected chi connectivity index (χ0v) is 19.8. The van der Waals surface area contributed by atoms with Gasteiger partial charge in [0.25, 0.3) is 0 Å². The highest BCUT2D eigenvalue weighted by molar-refractivity contribution is 8.04. The smallest absolute Gasteiger partial charge is 0.333 e. The van der Waals surface area contributed by atoms with E-state index in [9.17, 15) is 14.4 Å². The first-order valence-corrected chi connectivity index (χ1v) is 11.9. The van der Waals surface area contributed by atoms with Gasteiger partial charge in [0, 0.05) is 11.6 Å². The van der Waals surface area contributed by atoms with Crippen LogP contribution in [-0.2, 0) is 23.9 Å². The minimum Gasteiger partial charge on any atom is -0.466 e. The monoisotopic (exact) mass is 496 g/mol. The third-order valence-corrected chi connectivity index (χ3v) is 6.76. The van der Waals surface area contributed by atoms with Crippen LogP contribution in [0, 0.1) is 6.92 Å². The maximum absolute atomic E-state index is 12.1.